The number of hydrogen-bond acceptors (Lipinski definition) is 4. The van der Waals surface area contributed by atoms with Crippen LogP contribution in [0, 0.1) is 3.57 Å². The monoisotopic (exact) mass is 427 g/mol. The van der Waals surface area contributed by atoms with Gasteiger partial charge in [-0.05, 0) is 55.0 Å². The Labute approximate surface area is 139 Å². The molecule has 0 spiro atoms. The number of fused-ring (bicyclic) bond motifs is 1. The first-order valence-electron chi connectivity index (χ1n) is 5.76. The van der Waals surface area contributed by atoms with Crippen molar-refractivity contribution in [3.63, 3.8) is 0 Å². The van der Waals surface area contributed by atoms with Crippen LogP contribution in [0.4, 0.5) is 0 Å². The quantitative estimate of drug-likeness (QED) is 0.317. The van der Waals surface area contributed by atoms with Crippen molar-refractivity contribution >= 4 is 62.8 Å². The van der Waals surface area contributed by atoms with Gasteiger partial charge in [-0.15, -0.1) is 0 Å². The lowest BCUT2D eigenvalue weighted by Gasteiger charge is -2.19. The second-order valence-electron chi connectivity index (χ2n) is 5.17. The van der Waals surface area contributed by atoms with Crippen molar-refractivity contribution in [2.75, 3.05) is 0 Å². The molecule has 0 aromatic carbocycles. The van der Waals surface area contributed by atoms with Gasteiger partial charge in [0.25, 0.3) is 0 Å². The molecule has 108 valence electrons. The number of hydrogen-bond donors (Lipinski definition) is 0. The Hall–Kier alpha value is -0.600. The molecule has 0 aliphatic heterocycles. The normalized spacial score (nSPS) is 11.9. The van der Waals surface area contributed by atoms with Gasteiger partial charge in [-0.1, -0.05) is 11.6 Å². The van der Waals surface area contributed by atoms with Crippen LogP contribution >= 0.6 is 45.8 Å². The largest absolute Gasteiger partial charge is 0.459 e. The van der Waals surface area contributed by atoms with Gasteiger partial charge in [-0.2, -0.15) is 0 Å². The molecule has 0 amide bonds. The standard InChI is InChI=1S/C12H12Cl2IN3O2/c1-12(2,3)20-7(19)5-18-4-6(15)8-9(18)10(13)17-11(14)16-8/h4H,5H2,1-3H3. The first-order valence-corrected chi connectivity index (χ1v) is 7.60. The summed E-state index contributed by atoms with van der Waals surface area (Å²) >= 11 is 14.0. The molecule has 0 saturated heterocycles. The van der Waals surface area contributed by atoms with E-state index in [-0.39, 0.29) is 23.0 Å². The fraction of sp³-hybridized carbons (Fsp3) is 0.417. The maximum absolute atomic E-state index is 11.9. The minimum absolute atomic E-state index is 0.0431. The lowest BCUT2D eigenvalue weighted by atomic mass is 10.2. The topological polar surface area (TPSA) is 57.0 Å². The van der Waals surface area contributed by atoms with E-state index >= 15 is 0 Å². The number of aromatic nitrogens is 3. The van der Waals surface area contributed by atoms with Gasteiger partial charge < -0.3 is 9.30 Å². The van der Waals surface area contributed by atoms with Gasteiger partial charge >= 0.3 is 5.97 Å². The van der Waals surface area contributed by atoms with Gasteiger partial charge in [-0.25, -0.2) is 9.97 Å². The van der Waals surface area contributed by atoms with Crippen LogP contribution in [0.5, 0.6) is 0 Å². The number of carbonyl (C=O) groups is 1. The summed E-state index contributed by atoms with van der Waals surface area (Å²) in [5, 5.41) is 0.293. The summed E-state index contributed by atoms with van der Waals surface area (Å²) in [4.78, 5) is 19.9. The van der Waals surface area contributed by atoms with Crippen molar-refractivity contribution in [1.82, 2.24) is 14.5 Å². The molecule has 8 heteroatoms. The summed E-state index contributed by atoms with van der Waals surface area (Å²) < 4.78 is 7.80. The van der Waals surface area contributed by atoms with Crippen LogP contribution in [0.15, 0.2) is 6.20 Å². The molecule has 0 aliphatic carbocycles. The molecule has 0 unspecified atom stereocenters. The summed E-state index contributed by atoms with van der Waals surface area (Å²) in [5.74, 6) is -0.350. The Balaban J connectivity index is 2.39. The van der Waals surface area contributed by atoms with E-state index in [1.54, 1.807) is 10.8 Å². The smallest absolute Gasteiger partial charge is 0.326 e. The SMILES string of the molecule is CC(C)(C)OC(=O)Cn1cc(I)c2nc(Cl)nc(Cl)c21. The molecule has 0 N–H and O–H groups in total. The number of carbonyl (C=O) groups excluding carboxylic acids is 1. The number of nitrogens with zero attached hydrogens (tertiary/aromatic N) is 3. The van der Waals surface area contributed by atoms with Crippen LogP contribution < -0.4 is 0 Å². The molecular weight excluding hydrogens is 416 g/mol. The van der Waals surface area contributed by atoms with E-state index in [2.05, 4.69) is 32.6 Å². The molecule has 0 atom stereocenters. The number of halogens is 3. The third-order valence-electron chi connectivity index (χ3n) is 2.32. The second-order valence-corrected chi connectivity index (χ2v) is 7.03. The number of esters is 1. The minimum atomic E-state index is -0.531. The fourth-order valence-electron chi connectivity index (χ4n) is 1.72. The molecule has 20 heavy (non-hydrogen) atoms. The van der Waals surface area contributed by atoms with Gasteiger partial charge in [0.05, 0.1) is 3.57 Å². The van der Waals surface area contributed by atoms with Crippen LogP contribution in [0.3, 0.4) is 0 Å². The maximum atomic E-state index is 11.9. The van der Waals surface area contributed by atoms with Crippen molar-refractivity contribution < 1.29 is 9.53 Å². The van der Waals surface area contributed by atoms with Crippen molar-refractivity contribution in [3.05, 3.63) is 20.2 Å². The van der Waals surface area contributed by atoms with Gasteiger partial charge in [-0.3, -0.25) is 4.79 Å². The first kappa shape index (κ1) is 15.8. The summed E-state index contributed by atoms with van der Waals surface area (Å²) in [6.45, 7) is 5.50. The third-order valence-corrected chi connectivity index (χ3v) is 3.54. The summed E-state index contributed by atoms with van der Waals surface area (Å²) in [5.41, 5.74) is 0.669. The van der Waals surface area contributed by atoms with Crippen molar-refractivity contribution in [3.8, 4) is 0 Å². The molecular formula is C12H12Cl2IN3O2. The zero-order valence-electron chi connectivity index (χ0n) is 11.1. The van der Waals surface area contributed by atoms with Crippen LogP contribution in [-0.4, -0.2) is 26.1 Å². The molecule has 2 aromatic heterocycles. The van der Waals surface area contributed by atoms with Gasteiger partial charge in [0.2, 0.25) is 5.28 Å². The van der Waals surface area contributed by atoms with E-state index in [1.165, 1.54) is 0 Å². The maximum Gasteiger partial charge on any atom is 0.326 e. The summed E-state index contributed by atoms with van der Waals surface area (Å²) in [6.07, 6.45) is 1.77. The third kappa shape index (κ3) is 3.53. The minimum Gasteiger partial charge on any atom is -0.459 e. The van der Waals surface area contributed by atoms with Gasteiger partial charge in [0.15, 0.2) is 5.15 Å². The summed E-state index contributed by atoms with van der Waals surface area (Å²) in [6, 6.07) is 0. The van der Waals surface area contributed by atoms with E-state index in [9.17, 15) is 4.79 Å². The number of ether oxygens (including phenoxy) is 1. The predicted octanol–water partition coefficient (Wildman–Crippen LogP) is 3.68. The molecule has 2 aromatic rings. The zero-order valence-corrected chi connectivity index (χ0v) is 14.7. The molecule has 0 aliphatic rings. The zero-order chi connectivity index (χ0) is 15.1. The van der Waals surface area contributed by atoms with Gasteiger partial charge in [0, 0.05) is 6.20 Å². The van der Waals surface area contributed by atoms with Crippen molar-refractivity contribution in [1.29, 1.82) is 0 Å². The fourth-order valence-corrected chi connectivity index (χ4v) is 2.93. The van der Waals surface area contributed by atoms with E-state index in [1.807, 2.05) is 20.8 Å². The Morgan fingerprint density at radius 1 is 1.40 bits per heavy atom. The molecule has 2 heterocycles. The first-order chi connectivity index (χ1) is 9.17. The number of rotatable bonds is 2. The lowest BCUT2D eigenvalue weighted by molar-refractivity contribution is -0.155. The highest BCUT2D eigenvalue weighted by molar-refractivity contribution is 14.1. The van der Waals surface area contributed by atoms with E-state index in [0.717, 1.165) is 3.57 Å². The lowest BCUT2D eigenvalue weighted by Crippen LogP contribution is -2.26. The van der Waals surface area contributed by atoms with Crippen molar-refractivity contribution in [2.45, 2.75) is 32.9 Å². The molecule has 0 radical (unpaired) electrons. The predicted molar refractivity (Wildman–Crippen MR) is 86.1 cm³/mol. The highest BCUT2D eigenvalue weighted by Crippen LogP contribution is 2.27. The average Bonchev–Trinajstić information content (AvgIpc) is 2.52. The Kier molecular flexibility index (Phi) is 4.46. The van der Waals surface area contributed by atoms with Crippen molar-refractivity contribution in [2.24, 2.45) is 0 Å². The molecule has 0 saturated carbocycles. The second kappa shape index (κ2) is 5.65. The Morgan fingerprint density at radius 3 is 2.65 bits per heavy atom. The average molecular weight is 428 g/mol. The molecule has 5 nitrogen and oxygen atoms in total. The van der Waals surface area contributed by atoms with E-state index < -0.39 is 5.60 Å². The highest BCUT2D eigenvalue weighted by atomic mass is 127. The van der Waals surface area contributed by atoms with E-state index in [4.69, 9.17) is 27.9 Å². The van der Waals surface area contributed by atoms with Crippen LogP contribution in [0.2, 0.25) is 10.4 Å². The molecule has 0 bridgehead atoms. The molecule has 0 fully saturated rings. The van der Waals surface area contributed by atoms with E-state index in [0.29, 0.717) is 11.0 Å². The van der Waals surface area contributed by atoms with Crippen LogP contribution in [0.25, 0.3) is 11.0 Å². The molecule has 2 rings (SSSR count). The Bertz CT molecular complexity index is 679. The van der Waals surface area contributed by atoms with Crippen LogP contribution in [0.1, 0.15) is 20.8 Å². The summed E-state index contributed by atoms with van der Waals surface area (Å²) in [7, 11) is 0. The van der Waals surface area contributed by atoms with Crippen LogP contribution in [-0.2, 0) is 16.1 Å². The highest BCUT2D eigenvalue weighted by Gasteiger charge is 2.20. The Morgan fingerprint density at radius 2 is 2.05 bits per heavy atom. The van der Waals surface area contributed by atoms with Gasteiger partial charge in [0.1, 0.15) is 23.2 Å².